The Bertz CT molecular complexity index is 453. The molecule has 0 unspecified atom stereocenters. The summed E-state index contributed by atoms with van der Waals surface area (Å²) in [7, 11) is 3.66. The van der Waals surface area contributed by atoms with Crippen LogP contribution in [0, 0.1) is 11.8 Å². The predicted molar refractivity (Wildman–Crippen MR) is 61.3 cm³/mol. The van der Waals surface area contributed by atoms with Crippen molar-refractivity contribution in [3.8, 4) is 11.8 Å². The number of benzene rings is 1. The van der Waals surface area contributed by atoms with Gasteiger partial charge in [0.2, 0.25) is 0 Å². The Morgan fingerprint density at radius 1 is 1.24 bits per heavy atom. The molecule has 0 aliphatic rings. The van der Waals surface area contributed by atoms with Crippen molar-refractivity contribution in [1.29, 1.82) is 0 Å². The summed E-state index contributed by atoms with van der Waals surface area (Å²) in [6.45, 7) is 0.482. The lowest BCUT2D eigenvalue weighted by molar-refractivity contribution is -0.137. The van der Waals surface area contributed by atoms with Crippen molar-refractivity contribution in [2.24, 2.45) is 0 Å². The van der Waals surface area contributed by atoms with E-state index in [2.05, 4.69) is 11.8 Å². The van der Waals surface area contributed by atoms with Crippen LogP contribution >= 0.6 is 0 Å². The van der Waals surface area contributed by atoms with Crippen molar-refractivity contribution in [3.63, 3.8) is 0 Å². The molecule has 0 saturated carbocycles. The van der Waals surface area contributed by atoms with E-state index in [1.54, 1.807) is 0 Å². The Morgan fingerprint density at radius 3 is 2.41 bits per heavy atom. The monoisotopic (exact) mass is 242 g/mol. The van der Waals surface area contributed by atoms with Gasteiger partial charge in [0.1, 0.15) is 0 Å². The fourth-order valence-corrected chi connectivity index (χ4v) is 1.19. The van der Waals surface area contributed by atoms with Crippen LogP contribution in [0.25, 0.3) is 0 Å². The van der Waals surface area contributed by atoms with Crippen molar-refractivity contribution in [2.75, 3.05) is 26.4 Å². The summed E-state index contributed by atoms with van der Waals surface area (Å²) < 4.78 is 37.5. The number of nitrogen functional groups attached to an aromatic ring is 1. The molecule has 0 atom stereocenters. The summed E-state index contributed by atoms with van der Waals surface area (Å²) in [5, 5.41) is 0. The molecular weight excluding hydrogens is 229 g/mol. The molecule has 1 aromatic rings. The van der Waals surface area contributed by atoms with Crippen LogP contribution in [-0.2, 0) is 6.18 Å². The van der Waals surface area contributed by atoms with E-state index in [4.69, 9.17) is 5.73 Å². The molecule has 2 N–H and O–H groups in total. The zero-order chi connectivity index (χ0) is 13.1. The van der Waals surface area contributed by atoms with Crippen molar-refractivity contribution >= 4 is 5.69 Å². The molecule has 0 bridgehead atoms. The molecule has 0 fully saturated rings. The van der Waals surface area contributed by atoms with Gasteiger partial charge in [-0.05, 0) is 32.3 Å². The van der Waals surface area contributed by atoms with Crippen LogP contribution in [-0.4, -0.2) is 25.5 Å². The topological polar surface area (TPSA) is 29.3 Å². The Morgan fingerprint density at radius 2 is 1.88 bits per heavy atom. The largest absolute Gasteiger partial charge is 0.416 e. The molecule has 17 heavy (non-hydrogen) atoms. The van der Waals surface area contributed by atoms with Crippen molar-refractivity contribution in [3.05, 3.63) is 29.3 Å². The Labute approximate surface area is 98.2 Å². The van der Waals surface area contributed by atoms with Gasteiger partial charge < -0.3 is 5.73 Å². The van der Waals surface area contributed by atoms with Crippen LogP contribution in [0.15, 0.2) is 18.2 Å². The molecule has 0 aliphatic heterocycles. The molecular formula is C12H13F3N2. The summed E-state index contributed by atoms with van der Waals surface area (Å²) >= 11 is 0. The van der Waals surface area contributed by atoms with Gasteiger partial charge in [0, 0.05) is 11.3 Å². The first-order valence-corrected chi connectivity index (χ1v) is 4.90. The molecule has 1 aromatic carbocycles. The molecule has 0 heterocycles. The quantitative estimate of drug-likeness (QED) is 0.604. The summed E-state index contributed by atoms with van der Waals surface area (Å²) in [5.74, 6) is 5.42. The Hall–Kier alpha value is -1.67. The minimum absolute atomic E-state index is 0.0639. The van der Waals surface area contributed by atoms with E-state index in [1.165, 1.54) is 6.07 Å². The standard InChI is InChI=1S/C12H13F3N2/c1-17(2)5-3-4-9-6-10(12(13,14)15)8-11(16)7-9/h6-8H,5,16H2,1-2H3. The zero-order valence-corrected chi connectivity index (χ0v) is 9.60. The highest BCUT2D eigenvalue weighted by atomic mass is 19.4. The molecule has 0 aliphatic carbocycles. The van der Waals surface area contributed by atoms with E-state index in [0.717, 1.165) is 12.1 Å². The summed E-state index contributed by atoms with van der Waals surface area (Å²) in [6, 6.07) is 3.33. The molecule has 92 valence electrons. The van der Waals surface area contributed by atoms with E-state index in [-0.39, 0.29) is 11.3 Å². The number of alkyl halides is 3. The molecule has 0 spiro atoms. The van der Waals surface area contributed by atoms with Gasteiger partial charge in [0.15, 0.2) is 0 Å². The van der Waals surface area contributed by atoms with Crippen molar-refractivity contribution < 1.29 is 13.2 Å². The lowest BCUT2D eigenvalue weighted by atomic mass is 10.1. The second-order valence-corrected chi connectivity index (χ2v) is 3.88. The van der Waals surface area contributed by atoms with Gasteiger partial charge in [-0.25, -0.2) is 0 Å². The number of nitrogens with two attached hydrogens (primary N) is 1. The van der Waals surface area contributed by atoms with Crippen LogP contribution in [0.1, 0.15) is 11.1 Å². The first kappa shape index (κ1) is 13.4. The van der Waals surface area contributed by atoms with Gasteiger partial charge >= 0.3 is 6.18 Å². The average Bonchev–Trinajstić information content (AvgIpc) is 2.14. The van der Waals surface area contributed by atoms with Crippen LogP contribution in [0.5, 0.6) is 0 Å². The maximum absolute atomic E-state index is 12.5. The van der Waals surface area contributed by atoms with Gasteiger partial charge in [0.05, 0.1) is 12.1 Å². The number of halogens is 3. The summed E-state index contributed by atoms with van der Waals surface area (Å²) in [6.07, 6.45) is -4.40. The van der Waals surface area contributed by atoms with Crippen molar-refractivity contribution in [1.82, 2.24) is 4.90 Å². The maximum atomic E-state index is 12.5. The van der Waals surface area contributed by atoms with Gasteiger partial charge in [-0.2, -0.15) is 13.2 Å². The van der Waals surface area contributed by atoms with E-state index in [1.807, 2.05) is 19.0 Å². The molecule has 0 radical (unpaired) electrons. The van der Waals surface area contributed by atoms with Gasteiger partial charge in [-0.3, -0.25) is 4.90 Å². The molecule has 0 aromatic heterocycles. The first-order chi connectivity index (χ1) is 7.79. The first-order valence-electron chi connectivity index (χ1n) is 4.90. The van der Waals surface area contributed by atoms with Crippen LogP contribution in [0.3, 0.4) is 0 Å². The highest BCUT2D eigenvalue weighted by Gasteiger charge is 2.30. The van der Waals surface area contributed by atoms with Crippen LogP contribution in [0.2, 0.25) is 0 Å². The third-order valence-electron chi connectivity index (χ3n) is 1.91. The summed E-state index contributed by atoms with van der Waals surface area (Å²) in [5.41, 5.74) is 4.98. The highest BCUT2D eigenvalue weighted by molar-refractivity contribution is 5.51. The fourth-order valence-electron chi connectivity index (χ4n) is 1.19. The minimum atomic E-state index is -4.40. The second-order valence-electron chi connectivity index (χ2n) is 3.88. The van der Waals surface area contributed by atoms with E-state index in [9.17, 15) is 13.2 Å². The normalized spacial score (nSPS) is 11.2. The maximum Gasteiger partial charge on any atom is 0.416 e. The number of nitrogens with zero attached hydrogens (tertiary/aromatic N) is 1. The smallest absolute Gasteiger partial charge is 0.399 e. The molecule has 2 nitrogen and oxygen atoms in total. The van der Waals surface area contributed by atoms with E-state index in [0.29, 0.717) is 6.54 Å². The number of hydrogen-bond donors (Lipinski definition) is 1. The average molecular weight is 242 g/mol. The predicted octanol–water partition coefficient (Wildman–Crippen LogP) is 2.20. The SMILES string of the molecule is CN(C)CC#Cc1cc(N)cc(C(F)(F)F)c1. The molecule has 0 saturated heterocycles. The van der Waals surface area contributed by atoms with Gasteiger partial charge in [0.25, 0.3) is 0 Å². The van der Waals surface area contributed by atoms with E-state index >= 15 is 0 Å². The van der Waals surface area contributed by atoms with Crippen LogP contribution in [0.4, 0.5) is 18.9 Å². The fraction of sp³-hybridized carbons (Fsp3) is 0.333. The molecule has 5 heteroatoms. The third-order valence-corrected chi connectivity index (χ3v) is 1.91. The van der Waals surface area contributed by atoms with Gasteiger partial charge in [-0.1, -0.05) is 11.8 Å². The lowest BCUT2D eigenvalue weighted by Crippen LogP contribution is -2.10. The second kappa shape index (κ2) is 5.11. The Balaban J connectivity index is 3.01. The van der Waals surface area contributed by atoms with Crippen molar-refractivity contribution in [2.45, 2.75) is 6.18 Å². The summed E-state index contributed by atoms with van der Waals surface area (Å²) in [4.78, 5) is 1.82. The third kappa shape index (κ3) is 4.37. The van der Waals surface area contributed by atoms with Gasteiger partial charge in [-0.15, -0.1) is 0 Å². The lowest BCUT2D eigenvalue weighted by Gasteiger charge is -2.08. The van der Waals surface area contributed by atoms with E-state index < -0.39 is 11.7 Å². The van der Waals surface area contributed by atoms with Crippen LogP contribution < -0.4 is 5.73 Å². The highest BCUT2D eigenvalue weighted by Crippen LogP contribution is 2.31. The number of rotatable bonds is 1. The number of anilines is 1. The molecule has 1 rings (SSSR count). The molecule has 0 amide bonds. The zero-order valence-electron chi connectivity index (χ0n) is 9.60. The number of hydrogen-bond acceptors (Lipinski definition) is 2. The minimum Gasteiger partial charge on any atom is -0.399 e. The Kier molecular flexibility index (Phi) is 4.02.